The van der Waals surface area contributed by atoms with Crippen LogP contribution in [-0.2, 0) is 4.79 Å². The number of nitrogens with one attached hydrogen (secondary N) is 1. The summed E-state index contributed by atoms with van der Waals surface area (Å²) in [5.41, 5.74) is 7.14. The number of amides is 1. The van der Waals surface area contributed by atoms with Crippen molar-refractivity contribution in [3.05, 3.63) is 24.3 Å². The van der Waals surface area contributed by atoms with Gasteiger partial charge in [0.05, 0.1) is 6.04 Å². The molecule has 1 amide bonds. The van der Waals surface area contributed by atoms with Crippen molar-refractivity contribution in [1.29, 1.82) is 0 Å². The zero-order chi connectivity index (χ0) is 13.8. The lowest BCUT2D eigenvalue weighted by atomic mass is 9.99. The normalized spacial score (nSPS) is 21.9. The molecule has 104 valence electrons. The molecule has 0 aromatic heterocycles. The van der Waals surface area contributed by atoms with Crippen molar-refractivity contribution >= 4 is 17.3 Å². The highest BCUT2D eigenvalue weighted by molar-refractivity contribution is 5.94. The number of anilines is 2. The van der Waals surface area contributed by atoms with Crippen LogP contribution in [0.1, 0.15) is 26.7 Å². The fourth-order valence-corrected chi connectivity index (χ4v) is 2.56. The highest BCUT2D eigenvalue weighted by atomic mass is 16.2. The van der Waals surface area contributed by atoms with Gasteiger partial charge in [-0.15, -0.1) is 0 Å². The predicted molar refractivity (Wildman–Crippen MR) is 78.9 cm³/mol. The van der Waals surface area contributed by atoms with Gasteiger partial charge >= 0.3 is 0 Å². The topological polar surface area (TPSA) is 58.4 Å². The first kappa shape index (κ1) is 13.9. The smallest absolute Gasteiger partial charge is 0.241 e. The Hall–Kier alpha value is -1.55. The van der Waals surface area contributed by atoms with Crippen LogP contribution in [0.15, 0.2) is 24.3 Å². The molecule has 1 aromatic rings. The van der Waals surface area contributed by atoms with Crippen LogP contribution in [0.25, 0.3) is 0 Å². The highest BCUT2D eigenvalue weighted by Gasteiger charge is 2.25. The number of hydrogen-bond acceptors (Lipinski definition) is 3. The summed E-state index contributed by atoms with van der Waals surface area (Å²) in [4.78, 5) is 14.5. The van der Waals surface area contributed by atoms with Crippen molar-refractivity contribution in [2.75, 3.05) is 24.1 Å². The van der Waals surface area contributed by atoms with Gasteiger partial charge in [-0.1, -0.05) is 6.92 Å². The van der Waals surface area contributed by atoms with E-state index in [1.807, 2.05) is 19.1 Å². The van der Waals surface area contributed by atoms with Crippen molar-refractivity contribution in [3.63, 3.8) is 0 Å². The Kier molecular flexibility index (Phi) is 4.43. The Bertz CT molecular complexity index is 430. The van der Waals surface area contributed by atoms with E-state index >= 15 is 0 Å². The van der Waals surface area contributed by atoms with E-state index < -0.39 is 0 Å². The third-order valence-electron chi connectivity index (χ3n) is 3.79. The summed E-state index contributed by atoms with van der Waals surface area (Å²) in [6.07, 6.45) is 2.45. The van der Waals surface area contributed by atoms with Crippen molar-refractivity contribution in [2.24, 2.45) is 5.92 Å². The van der Waals surface area contributed by atoms with Crippen LogP contribution < -0.4 is 11.1 Å². The maximum Gasteiger partial charge on any atom is 0.241 e. The van der Waals surface area contributed by atoms with Crippen LogP contribution in [0, 0.1) is 5.92 Å². The van der Waals surface area contributed by atoms with E-state index in [2.05, 4.69) is 17.1 Å². The molecule has 0 radical (unpaired) electrons. The number of carbonyl (C=O) groups is 1. The molecule has 1 aliphatic heterocycles. The number of rotatable bonds is 3. The van der Waals surface area contributed by atoms with Gasteiger partial charge in [-0.2, -0.15) is 0 Å². The molecule has 0 spiro atoms. The second kappa shape index (κ2) is 6.06. The number of nitrogen functional groups attached to an aromatic ring is 1. The molecular formula is C15H23N3O. The number of likely N-dealkylation sites (tertiary alicyclic amines) is 1. The first-order chi connectivity index (χ1) is 9.06. The lowest BCUT2D eigenvalue weighted by Gasteiger charge is -2.34. The predicted octanol–water partition coefficient (Wildman–Crippen LogP) is 2.33. The van der Waals surface area contributed by atoms with Gasteiger partial charge in [0.25, 0.3) is 0 Å². The second-order valence-corrected chi connectivity index (χ2v) is 5.53. The second-order valence-electron chi connectivity index (χ2n) is 5.53. The number of hydrogen-bond donors (Lipinski definition) is 2. The molecule has 0 bridgehead atoms. The van der Waals surface area contributed by atoms with Gasteiger partial charge in [-0.25, -0.2) is 0 Å². The molecule has 0 saturated carbocycles. The number of nitrogens with zero attached hydrogens (tertiary/aromatic N) is 1. The Labute approximate surface area is 115 Å². The SMILES string of the molecule is CC1CCCN(C(C)C(=O)Nc2ccc(N)cc2)C1. The van der Waals surface area contributed by atoms with Gasteiger partial charge in [0, 0.05) is 17.9 Å². The maximum absolute atomic E-state index is 12.2. The Morgan fingerprint density at radius 1 is 1.42 bits per heavy atom. The average molecular weight is 261 g/mol. The molecule has 3 N–H and O–H groups in total. The summed E-state index contributed by atoms with van der Waals surface area (Å²) >= 11 is 0. The van der Waals surface area contributed by atoms with E-state index in [4.69, 9.17) is 5.73 Å². The molecule has 1 saturated heterocycles. The molecule has 2 rings (SSSR count). The fourth-order valence-electron chi connectivity index (χ4n) is 2.56. The molecule has 4 heteroatoms. The van der Waals surface area contributed by atoms with Crippen LogP contribution in [0.2, 0.25) is 0 Å². The fraction of sp³-hybridized carbons (Fsp3) is 0.533. The quantitative estimate of drug-likeness (QED) is 0.821. The molecule has 4 nitrogen and oxygen atoms in total. The zero-order valence-electron chi connectivity index (χ0n) is 11.7. The third-order valence-corrected chi connectivity index (χ3v) is 3.79. The van der Waals surface area contributed by atoms with Crippen molar-refractivity contribution < 1.29 is 4.79 Å². The largest absolute Gasteiger partial charge is 0.399 e. The summed E-state index contributed by atoms with van der Waals surface area (Å²) < 4.78 is 0. The molecule has 0 aliphatic carbocycles. The summed E-state index contributed by atoms with van der Waals surface area (Å²) in [6.45, 7) is 6.25. The first-order valence-corrected chi connectivity index (χ1v) is 6.96. The summed E-state index contributed by atoms with van der Waals surface area (Å²) in [7, 11) is 0. The third kappa shape index (κ3) is 3.70. The van der Waals surface area contributed by atoms with E-state index in [1.54, 1.807) is 12.1 Å². The molecule has 1 aliphatic rings. The minimum Gasteiger partial charge on any atom is -0.399 e. The number of nitrogens with two attached hydrogens (primary N) is 1. The maximum atomic E-state index is 12.2. The van der Waals surface area contributed by atoms with E-state index in [0.717, 1.165) is 18.8 Å². The van der Waals surface area contributed by atoms with Gasteiger partial charge in [0.2, 0.25) is 5.91 Å². The van der Waals surface area contributed by atoms with Crippen LogP contribution in [0.3, 0.4) is 0 Å². The minimum atomic E-state index is -0.0831. The Morgan fingerprint density at radius 3 is 2.74 bits per heavy atom. The van der Waals surface area contributed by atoms with E-state index in [1.165, 1.54) is 12.8 Å². The molecular weight excluding hydrogens is 238 g/mol. The van der Waals surface area contributed by atoms with E-state index in [0.29, 0.717) is 11.6 Å². The van der Waals surface area contributed by atoms with Crippen LogP contribution in [0.5, 0.6) is 0 Å². The van der Waals surface area contributed by atoms with Crippen molar-refractivity contribution in [1.82, 2.24) is 4.90 Å². The monoisotopic (exact) mass is 261 g/mol. The molecule has 19 heavy (non-hydrogen) atoms. The van der Waals surface area contributed by atoms with Crippen molar-refractivity contribution in [2.45, 2.75) is 32.7 Å². The zero-order valence-corrected chi connectivity index (χ0v) is 11.7. The molecule has 1 fully saturated rings. The van der Waals surface area contributed by atoms with Crippen LogP contribution >= 0.6 is 0 Å². The van der Waals surface area contributed by atoms with Gasteiger partial charge in [-0.3, -0.25) is 9.69 Å². The van der Waals surface area contributed by atoms with E-state index in [-0.39, 0.29) is 11.9 Å². The summed E-state index contributed by atoms with van der Waals surface area (Å²) in [6, 6.07) is 7.17. The lowest BCUT2D eigenvalue weighted by Crippen LogP contribution is -2.46. The molecule has 1 heterocycles. The number of carbonyl (C=O) groups excluding carboxylic acids is 1. The number of piperidine rings is 1. The van der Waals surface area contributed by atoms with Crippen molar-refractivity contribution in [3.8, 4) is 0 Å². The lowest BCUT2D eigenvalue weighted by molar-refractivity contribution is -0.121. The minimum absolute atomic E-state index is 0.0545. The van der Waals surface area contributed by atoms with Crippen LogP contribution in [0.4, 0.5) is 11.4 Å². The summed E-state index contributed by atoms with van der Waals surface area (Å²) in [5.74, 6) is 0.736. The molecule has 2 atom stereocenters. The van der Waals surface area contributed by atoms with Gasteiger partial charge in [-0.05, 0) is 56.5 Å². The highest BCUT2D eigenvalue weighted by Crippen LogP contribution is 2.18. The first-order valence-electron chi connectivity index (χ1n) is 6.96. The van der Waals surface area contributed by atoms with Gasteiger partial charge in [0.1, 0.15) is 0 Å². The van der Waals surface area contributed by atoms with Gasteiger partial charge < -0.3 is 11.1 Å². The van der Waals surface area contributed by atoms with E-state index in [9.17, 15) is 4.79 Å². The Balaban J connectivity index is 1.93. The number of benzene rings is 1. The average Bonchev–Trinajstić information content (AvgIpc) is 2.40. The summed E-state index contributed by atoms with van der Waals surface area (Å²) in [5, 5.41) is 2.94. The molecule has 2 unspecified atom stereocenters. The van der Waals surface area contributed by atoms with Crippen LogP contribution in [-0.4, -0.2) is 29.9 Å². The standard InChI is InChI=1S/C15H23N3O/c1-11-4-3-9-18(10-11)12(2)15(19)17-14-7-5-13(16)6-8-14/h5-8,11-12H,3-4,9-10,16H2,1-2H3,(H,17,19). The Morgan fingerprint density at radius 2 is 2.11 bits per heavy atom. The molecule has 1 aromatic carbocycles. The van der Waals surface area contributed by atoms with Gasteiger partial charge in [0.15, 0.2) is 0 Å².